The third-order valence-corrected chi connectivity index (χ3v) is 7.43. The largest absolute Gasteiger partial charge is 0.481 e. The first-order chi connectivity index (χ1) is 15.5. The van der Waals surface area contributed by atoms with Crippen LogP contribution in [0.4, 0.5) is 0 Å². The Morgan fingerprint density at radius 1 is 0.970 bits per heavy atom. The molecule has 174 valence electrons. The van der Waals surface area contributed by atoms with Crippen molar-refractivity contribution in [1.29, 1.82) is 0 Å². The maximum Gasteiger partial charge on any atom is 0.313 e. The molecule has 3 rings (SSSR count). The second-order valence-corrected chi connectivity index (χ2v) is 9.92. The van der Waals surface area contributed by atoms with Crippen LogP contribution >= 0.6 is 0 Å². The summed E-state index contributed by atoms with van der Waals surface area (Å²) in [7, 11) is 0. The van der Waals surface area contributed by atoms with Crippen LogP contribution in [-0.2, 0) is 9.59 Å². The average molecular weight is 448 g/mol. The van der Waals surface area contributed by atoms with Gasteiger partial charge in [-0.1, -0.05) is 88.1 Å². The number of carbonyl (C=O) groups is 2. The minimum atomic E-state index is -1.46. The zero-order chi connectivity index (χ0) is 24.4. The van der Waals surface area contributed by atoms with Crippen molar-refractivity contribution in [2.24, 2.45) is 22.2 Å². The number of aliphatic carboxylic acids is 2. The van der Waals surface area contributed by atoms with Gasteiger partial charge in [0.05, 0.1) is 5.92 Å². The molecular weight excluding hydrogens is 414 g/mol. The van der Waals surface area contributed by atoms with E-state index < -0.39 is 46.2 Å². The monoisotopic (exact) mass is 447 g/mol. The molecule has 5 atom stereocenters. The fraction of sp³-hybridized carbons (Fsp3) is 0.429. The highest BCUT2D eigenvalue weighted by molar-refractivity contribution is 5.84. The van der Waals surface area contributed by atoms with Gasteiger partial charge in [-0.25, -0.2) is 0 Å². The van der Waals surface area contributed by atoms with E-state index in [1.807, 2.05) is 95.3 Å². The highest BCUT2D eigenvalue weighted by Gasteiger charge is 2.70. The first-order valence-corrected chi connectivity index (χ1v) is 11.4. The van der Waals surface area contributed by atoms with E-state index in [9.17, 15) is 19.8 Å². The molecule has 0 spiro atoms. The van der Waals surface area contributed by atoms with Crippen LogP contribution in [0.1, 0.15) is 58.2 Å². The predicted molar refractivity (Wildman–Crippen MR) is 128 cm³/mol. The molecule has 0 aromatic heterocycles. The Labute approximate surface area is 196 Å². The number of nitrogens with one attached hydrogen (secondary N) is 1. The van der Waals surface area contributed by atoms with Crippen molar-refractivity contribution in [3.05, 3.63) is 71.8 Å². The van der Waals surface area contributed by atoms with E-state index in [0.717, 1.165) is 11.1 Å². The molecule has 1 heterocycles. The van der Waals surface area contributed by atoms with Crippen LogP contribution in [0.15, 0.2) is 60.7 Å². The maximum atomic E-state index is 13.2. The van der Waals surface area contributed by atoms with Gasteiger partial charge in [0.15, 0.2) is 0 Å². The topological polar surface area (TPSA) is 86.6 Å². The van der Waals surface area contributed by atoms with Crippen LogP contribution in [0.25, 0.3) is 0 Å². The number of hydrogen-bond donors (Lipinski definition) is 3. The molecule has 0 bridgehead atoms. The van der Waals surface area contributed by atoms with E-state index >= 15 is 0 Å². The Balaban J connectivity index is 2.39. The number of carboxylic acid groups (broad SMARTS) is 2. The van der Waals surface area contributed by atoms with Crippen molar-refractivity contribution in [2.45, 2.75) is 53.1 Å². The number of carboxylic acids is 2. The van der Waals surface area contributed by atoms with Gasteiger partial charge in [-0.3, -0.25) is 9.59 Å². The minimum absolute atomic E-state index is 0.223. The fourth-order valence-electron chi connectivity index (χ4n) is 5.83. The molecule has 0 amide bonds. The summed E-state index contributed by atoms with van der Waals surface area (Å²) in [4.78, 5) is 26.3. The summed E-state index contributed by atoms with van der Waals surface area (Å²) in [5, 5.41) is 24.9. The molecular formula is C28H33NO4. The van der Waals surface area contributed by atoms with Crippen molar-refractivity contribution in [3.63, 3.8) is 0 Å². The molecule has 1 fully saturated rings. The van der Waals surface area contributed by atoms with Gasteiger partial charge >= 0.3 is 11.9 Å². The van der Waals surface area contributed by atoms with Crippen molar-refractivity contribution in [3.8, 4) is 11.8 Å². The Bertz CT molecular complexity index is 1060. The predicted octanol–water partition coefficient (Wildman–Crippen LogP) is 4.99. The standard InChI is InChI=1S/C28H33NO4/c1-6-27(24(30)31)22(18-17-20-13-9-7-10-14-20)28(25(32)33,26(3,4)5)19(2)29-23(27)21-15-11-8-12-16-21/h7-16,19,22-23,29H,6H2,1-5H3,(H,30,31)(H,32,33). The minimum Gasteiger partial charge on any atom is -0.481 e. The Kier molecular flexibility index (Phi) is 6.72. The summed E-state index contributed by atoms with van der Waals surface area (Å²) in [5.74, 6) is 3.32. The number of rotatable bonds is 4. The summed E-state index contributed by atoms with van der Waals surface area (Å²) in [6.45, 7) is 9.24. The van der Waals surface area contributed by atoms with Gasteiger partial charge in [-0.15, -0.1) is 0 Å². The van der Waals surface area contributed by atoms with Gasteiger partial charge in [0, 0.05) is 17.6 Å². The van der Waals surface area contributed by atoms with Gasteiger partial charge in [0.25, 0.3) is 0 Å². The van der Waals surface area contributed by atoms with Crippen molar-refractivity contribution < 1.29 is 19.8 Å². The van der Waals surface area contributed by atoms with Crippen LogP contribution in [0, 0.1) is 34.0 Å². The summed E-state index contributed by atoms with van der Waals surface area (Å²) in [6.07, 6.45) is 0.223. The van der Waals surface area contributed by atoms with Crippen LogP contribution in [-0.4, -0.2) is 28.2 Å². The lowest BCUT2D eigenvalue weighted by Crippen LogP contribution is -2.71. The van der Waals surface area contributed by atoms with Crippen molar-refractivity contribution >= 4 is 11.9 Å². The quantitative estimate of drug-likeness (QED) is 0.575. The van der Waals surface area contributed by atoms with E-state index in [0.29, 0.717) is 0 Å². The number of piperidine rings is 1. The Hall–Kier alpha value is -3.10. The second kappa shape index (κ2) is 9.03. The van der Waals surface area contributed by atoms with Gasteiger partial charge in [0.2, 0.25) is 0 Å². The van der Waals surface area contributed by atoms with E-state index in [1.54, 1.807) is 0 Å². The molecule has 5 heteroatoms. The summed E-state index contributed by atoms with van der Waals surface area (Å²) in [6, 6.07) is 17.6. The zero-order valence-electron chi connectivity index (χ0n) is 19.9. The van der Waals surface area contributed by atoms with Crippen molar-refractivity contribution in [1.82, 2.24) is 5.32 Å². The molecule has 0 radical (unpaired) electrons. The molecule has 0 saturated carbocycles. The normalized spacial score (nSPS) is 29.5. The molecule has 2 aromatic carbocycles. The maximum absolute atomic E-state index is 13.2. The van der Waals surface area contributed by atoms with E-state index in [4.69, 9.17) is 0 Å². The third kappa shape index (κ3) is 3.83. The molecule has 5 unspecified atom stereocenters. The van der Waals surface area contributed by atoms with Crippen LogP contribution in [0.5, 0.6) is 0 Å². The highest BCUT2D eigenvalue weighted by Crippen LogP contribution is 2.61. The lowest BCUT2D eigenvalue weighted by molar-refractivity contribution is -0.189. The smallest absolute Gasteiger partial charge is 0.313 e. The molecule has 1 aliphatic rings. The second-order valence-electron chi connectivity index (χ2n) is 9.92. The number of benzene rings is 2. The van der Waals surface area contributed by atoms with E-state index in [1.165, 1.54) is 0 Å². The molecule has 3 N–H and O–H groups in total. The van der Waals surface area contributed by atoms with Gasteiger partial charge in [0.1, 0.15) is 10.8 Å². The average Bonchev–Trinajstić information content (AvgIpc) is 2.77. The summed E-state index contributed by atoms with van der Waals surface area (Å²) >= 11 is 0. The molecule has 2 aromatic rings. The molecule has 1 saturated heterocycles. The SMILES string of the molecule is CCC1(C(=O)O)C(c2ccccc2)NC(C)C(C(=O)O)(C(C)(C)C)C1C#Cc1ccccc1. The van der Waals surface area contributed by atoms with Crippen molar-refractivity contribution in [2.75, 3.05) is 0 Å². The first kappa shape index (κ1) is 24.5. The van der Waals surface area contributed by atoms with E-state index in [2.05, 4.69) is 17.2 Å². The van der Waals surface area contributed by atoms with Gasteiger partial charge < -0.3 is 15.5 Å². The van der Waals surface area contributed by atoms with Crippen LogP contribution < -0.4 is 5.32 Å². The summed E-state index contributed by atoms with van der Waals surface area (Å²) < 4.78 is 0. The number of hydrogen-bond acceptors (Lipinski definition) is 3. The summed E-state index contributed by atoms with van der Waals surface area (Å²) in [5.41, 5.74) is -2.15. The lowest BCUT2D eigenvalue weighted by atomic mass is 9.45. The Morgan fingerprint density at radius 3 is 1.97 bits per heavy atom. The molecule has 0 aliphatic carbocycles. The molecule has 1 aliphatic heterocycles. The molecule has 5 nitrogen and oxygen atoms in total. The zero-order valence-corrected chi connectivity index (χ0v) is 19.9. The van der Waals surface area contributed by atoms with Gasteiger partial charge in [-0.2, -0.15) is 0 Å². The molecule has 33 heavy (non-hydrogen) atoms. The van der Waals surface area contributed by atoms with Crippen LogP contribution in [0.3, 0.4) is 0 Å². The Morgan fingerprint density at radius 2 is 1.52 bits per heavy atom. The van der Waals surface area contributed by atoms with Crippen LogP contribution in [0.2, 0.25) is 0 Å². The fourth-order valence-corrected chi connectivity index (χ4v) is 5.83. The lowest BCUT2D eigenvalue weighted by Gasteiger charge is -2.60. The first-order valence-electron chi connectivity index (χ1n) is 11.4. The highest BCUT2D eigenvalue weighted by atomic mass is 16.4. The third-order valence-electron chi connectivity index (χ3n) is 7.43. The van der Waals surface area contributed by atoms with E-state index in [-0.39, 0.29) is 6.42 Å². The van der Waals surface area contributed by atoms with Gasteiger partial charge in [-0.05, 0) is 36.5 Å².